The molecule has 2 aromatic rings. The van der Waals surface area contributed by atoms with Crippen LogP contribution in [-0.2, 0) is 0 Å². The lowest BCUT2D eigenvalue weighted by molar-refractivity contribution is -0.384. The average molecular weight is 323 g/mol. The van der Waals surface area contributed by atoms with Crippen molar-refractivity contribution in [1.29, 1.82) is 0 Å². The Labute approximate surface area is 117 Å². The Balaban J connectivity index is 2.34. The first kappa shape index (κ1) is 13.3. The molecule has 4 N–H and O–H groups in total. The summed E-state index contributed by atoms with van der Waals surface area (Å²) in [5.41, 5.74) is 4.24. The topological polar surface area (TPSA) is 93.2 Å². The quantitative estimate of drug-likeness (QED) is 0.455. The number of non-ortho nitro benzene ring substituents is 1. The molecule has 98 valence electrons. The molecule has 0 saturated heterocycles. The van der Waals surface area contributed by atoms with Crippen molar-refractivity contribution in [2.24, 2.45) is 5.84 Å². The number of anilines is 3. The first-order valence-electron chi connectivity index (χ1n) is 5.37. The van der Waals surface area contributed by atoms with E-state index in [4.69, 9.17) is 5.84 Å². The van der Waals surface area contributed by atoms with Crippen LogP contribution in [0.2, 0.25) is 0 Å². The van der Waals surface area contributed by atoms with Crippen LogP contribution in [0.5, 0.6) is 0 Å². The Morgan fingerprint density at radius 2 is 1.84 bits per heavy atom. The second-order valence-corrected chi connectivity index (χ2v) is 4.72. The summed E-state index contributed by atoms with van der Waals surface area (Å²) in [6.07, 6.45) is 0. The number of nitro benzene ring substituents is 1. The summed E-state index contributed by atoms with van der Waals surface area (Å²) in [7, 11) is 0. The zero-order valence-electron chi connectivity index (χ0n) is 9.76. The standard InChI is InChI=1S/C12H11BrN4O2/c13-8-2-1-3-9(4-8)15-10-5-11(16-14)7-12(6-10)17(18)19/h1-7,15-16H,14H2. The zero-order chi connectivity index (χ0) is 13.8. The van der Waals surface area contributed by atoms with E-state index in [2.05, 4.69) is 26.7 Å². The number of halogens is 1. The van der Waals surface area contributed by atoms with Crippen LogP contribution in [0.15, 0.2) is 46.9 Å². The van der Waals surface area contributed by atoms with Crippen molar-refractivity contribution in [2.45, 2.75) is 0 Å². The monoisotopic (exact) mass is 322 g/mol. The molecule has 0 radical (unpaired) electrons. The van der Waals surface area contributed by atoms with Gasteiger partial charge in [0.1, 0.15) is 0 Å². The number of benzene rings is 2. The fourth-order valence-electron chi connectivity index (χ4n) is 1.60. The molecule has 0 aliphatic carbocycles. The van der Waals surface area contributed by atoms with Crippen molar-refractivity contribution in [3.63, 3.8) is 0 Å². The lowest BCUT2D eigenvalue weighted by Gasteiger charge is -2.09. The molecule has 0 aliphatic heterocycles. The maximum Gasteiger partial charge on any atom is 0.273 e. The van der Waals surface area contributed by atoms with Gasteiger partial charge < -0.3 is 10.7 Å². The van der Waals surface area contributed by atoms with E-state index in [0.29, 0.717) is 11.4 Å². The predicted octanol–water partition coefficient (Wildman–Crippen LogP) is 3.39. The number of nitrogen functional groups attached to an aromatic ring is 1. The maximum atomic E-state index is 10.8. The lowest BCUT2D eigenvalue weighted by Crippen LogP contribution is -2.07. The van der Waals surface area contributed by atoms with Gasteiger partial charge in [0.15, 0.2) is 0 Å². The summed E-state index contributed by atoms with van der Waals surface area (Å²) in [6.45, 7) is 0. The molecule has 0 bridgehead atoms. The number of nitrogens with one attached hydrogen (secondary N) is 2. The number of nitrogens with two attached hydrogens (primary N) is 1. The molecule has 0 amide bonds. The van der Waals surface area contributed by atoms with Gasteiger partial charge in [-0.05, 0) is 24.3 Å². The van der Waals surface area contributed by atoms with Crippen LogP contribution in [0.4, 0.5) is 22.7 Å². The van der Waals surface area contributed by atoms with Crippen molar-refractivity contribution in [2.75, 3.05) is 10.7 Å². The fourth-order valence-corrected chi connectivity index (χ4v) is 2.00. The number of nitro groups is 1. The molecule has 0 unspecified atom stereocenters. The summed E-state index contributed by atoms with van der Waals surface area (Å²) in [5.74, 6) is 5.30. The average Bonchev–Trinajstić information content (AvgIpc) is 2.38. The first-order valence-corrected chi connectivity index (χ1v) is 6.16. The summed E-state index contributed by atoms with van der Waals surface area (Å²) in [6, 6.07) is 12.0. The highest BCUT2D eigenvalue weighted by atomic mass is 79.9. The van der Waals surface area contributed by atoms with Gasteiger partial charge in [-0.2, -0.15) is 0 Å². The van der Waals surface area contributed by atoms with E-state index < -0.39 is 4.92 Å². The van der Waals surface area contributed by atoms with Crippen molar-refractivity contribution >= 4 is 38.7 Å². The van der Waals surface area contributed by atoms with Crippen molar-refractivity contribution < 1.29 is 4.92 Å². The van der Waals surface area contributed by atoms with E-state index in [1.165, 1.54) is 12.1 Å². The highest BCUT2D eigenvalue weighted by Gasteiger charge is 2.09. The van der Waals surface area contributed by atoms with Crippen LogP contribution in [0.25, 0.3) is 0 Å². The van der Waals surface area contributed by atoms with Crippen molar-refractivity contribution in [1.82, 2.24) is 0 Å². The van der Waals surface area contributed by atoms with Crippen LogP contribution < -0.4 is 16.6 Å². The van der Waals surface area contributed by atoms with E-state index >= 15 is 0 Å². The molecule has 0 fully saturated rings. The molecule has 19 heavy (non-hydrogen) atoms. The Morgan fingerprint density at radius 1 is 1.11 bits per heavy atom. The van der Waals surface area contributed by atoms with Crippen LogP contribution in [0.3, 0.4) is 0 Å². The zero-order valence-corrected chi connectivity index (χ0v) is 11.3. The van der Waals surface area contributed by atoms with E-state index in [0.717, 1.165) is 10.2 Å². The van der Waals surface area contributed by atoms with Gasteiger partial charge >= 0.3 is 0 Å². The number of hydrogen-bond donors (Lipinski definition) is 3. The molecule has 0 aromatic heterocycles. The third kappa shape index (κ3) is 3.43. The van der Waals surface area contributed by atoms with Crippen LogP contribution in [0.1, 0.15) is 0 Å². The third-order valence-corrected chi connectivity index (χ3v) is 2.90. The Bertz CT molecular complexity index is 618. The van der Waals surface area contributed by atoms with E-state index in [9.17, 15) is 10.1 Å². The van der Waals surface area contributed by atoms with E-state index in [-0.39, 0.29) is 5.69 Å². The van der Waals surface area contributed by atoms with Crippen molar-refractivity contribution in [3.8, 4) is 0 Å². The van der Waals surface area contributed by atoms with Gasteiger partial charge in [-0.25, -0.2) is 0 Å². The third-order valence-electron chi connectivity index (χ3n) is 2.41. The van der Waals surface area contributed by atoms with Gasteiger partial charge in [-0.15, -0.1) is 0 Å². The maximum absolute atomic E-state index is 10.8. The molecular weight excluding hydrogens is 312 g/mol. The molecule has 2 rings (SSSR count). The Hall–Kier alpha value is -2.12. The molecule has 0 heterocycles. The van der Waals surface area contributed by atoms with Gasteiger partial charge in [-0.1, -0.05) is 22.0 Å². The van der Waals surface area contributed by atoms with Crippen LogP contribution in [0, 0.1) is 10.1 Å². The molecule has 0 atom stereocenters. The van der Waals surface area contributed by atoms with Gasteiger partial charge in [0.05, 0.1) is 10.6 Å². The Morgan fingerprint density at radius 3 is 2.47 bits per heavy atom. The second kappa shape index (κ2) is 5.68. The summed E-state index contributed by atoms with van der Waals surface area (Å²) in [4.78, 5) is 10.4. The second-order valence-electron chi connectivity index (χ2n) is 3.81. The van der Waals surface area contributed by atoms with Crippen molar-refractivity contribution in [3.05, 3.63) is 57.1 Å². The van der Waals surface area contributed by atoms with Gasteiger partial charge in [0, 0.05) is 28.0 Å². The lowest BCUT2D eigenvalue weighted by atomic mass is 10.2. The Kier molecular flexibility index (Phi) is 3.98. The minimum Gasteiger partial charge on any atom is -0.355 e. The van der Waals surface area contributed by atoms with Gasteiger partial charge in [0.25, 0.3) is 5.69 Å². The number of hydrogen-bond acceptors (Lipinski definition) is 5. The summed E-state index contributed by atoms with van der Waals surface area (Å²) >= 11 is 3.36. The number of hydrazine groups is 1. The van der Waals surface area contributed by atoms with Crippen LogP contribution in [-0.4, -0.2) is 4.92 Å². The molecular formula is C12H11BrN4O2. The minimum absolute atomic E-state index is 0.0343. The summed E-state index contributed by atoms with van der Waals surface area (Å²) in [5, 5.41) is 13.9. The molecule has 6 nitrogen and oxygen atoms in total. The van der Waals surface area contributed by atoms with Gasteiger partial charge in [-0.3, -0.25) is 16.0 Å². The number of rotatable bonds is 4. The van der Waals surface area contributed by atoms with Crippen LogP contribution >= 0.6 is 15.9 Å². The number of nitrogens with zero attached hydrogens (tertiary/aromatic N) is 1. The first-order chi connectivity index (χ1) is 9.08. The molecule has 2 aromatic carbocycles. The van der Waals surface area contributed by atoms with E-state index in [1.807, 2.05) is 24.3 Å². The molecule has 0 spiro atoms. The minimum atomic E-state index is -0.465. The normalized spacial score (nSPS) is 10.0. The molecule has 0 saturated carbocycles. The highest BCUT2D eigenvalue weighted by molar-refractivity contribution is 9.10. The summed E-state index contributed by atoms with van der Waals surface area (Å²) < 4.78 is 0.917. The SMILES string of the molecule is NNc1cc(Nc2cccc(Br)c2)cc([N+](=O)[O-])c1. The highest BCUT2D eigenvalue weighted by Crippen LogP contribution is 2.27. The van der Waals surface area contributed by atoms with Gasteiger partial charge in [0.2, 0.25) is 0 Å². The van der Waals surface area contributed by atoms with E-state index in [1.54, 1.807) is 6.07 Å². The fraction of sp³-hybridized carbons (Fsp3) is 0. The predicted molar refractivity (Wildman–Crippen MR) is 78.3 cm³/mol. The molecule has 7 heteroatoms. The smallest absolute Gasteiger partial charge is 0.273 e. The largest absolute Gasteiger partial charge is 0.355 e. The molecule has 0 aliphatic rings.